The predicted molar refractivity (Wildman–Crippen MR) is 75.7 cm³/mol. The molecule has 0 saturated carbocycles. The molecule has 1 aliphatic heterocycles. The van der Waals surface area contributed by atoms with Gasteiger partial charge in [0.15, 0.2) is 0 Å². The molecule has 1 unspecified atom stereocenters. The molecule has 0 amide bonds. The number of rotatable bonds is 4. The van der Waals surface area contributed by atoms with E-state index in [0.717, 1.165) is 5.25 Å². The molecule has 17 heavy (non-hydrogen) atoms. The summed E-state index contributed by atoms with van der Waals surface area (Å²) < 4.78 is 0. The van der Waals surface area contributed by atoms with E-state index < -0.39 is 0 Å². The van der Waals surface area contributed by atoms with Crippen LogP contribution in [0.1, 0.15) is 12.0 Å². The Bertz CT molecular complexity index is 486. The number of aromatic amines is 1. The van der Waals surface area contributed by atoms with Gasteiger partial charge in [-0.25, -0.2) is 0 Å². The number of para-hydroxylation sites is 1. The molecule has 1 saturated heterocycles. The summed E-state index contributed by atoms with van der Waals surface area (Å²) in [6, 6.07) is 8.56. The molecule has 0 radical (unpaired) electrons. The second-order valence-corrected chi connectivity index (χ2v) is 6.00. The Morgan fingerprint density at radius 1 is 1.29 bits per heavy atom. The summed E-state index contributed by atoms with van der Waals surface area (Å²) in [6.45, 7) is 2.39. The molecule has 0 bridgehead atoms. The standard InChI is InChI=1S/C14H18N2S/c1-2-4-14-13(3-1)11(9-16-14)6-8-17-12-5-7-15-10-12/h1-4,9,12,15-16H,5-8,10H2. The maximum atomic E-state index is 3.42. The fourth-order valence-corrected chi connectivity index (χ4v) is 3.64. The first kappa shape index (κ1) is 11.2. The molecule has 1 aromatic heterocycles. The number of benzene rings is 1. The first-order chi connectivity index (χ1) is 8.43. The number of aromatic nitrogens is 1. The molecule has 1 atom stereocenters. The summed E-state index contributed by atoms with van der Waals surface area (Å²) in [6.07, 6.45) is 4.67. The second-order valence-electron chi connectivity index (χ2n) is 4.60. The molecular formula is C14H18N2S. The maximum absolute atomic E-state index is 3.42. The molecule has 2 heterocycles. The summed E-state index contributed by atoms with van der Waals surface area (Å²) in [7, 11) is 0. The van der Waals surface area contributed by atoms with Crippen molar-refractivity contribution < 1.29 is 0 Å². The van der Waals surface area contributed by atoms with Gasteiger partial charge >= 0.3 is 0 Å². The largest absolute Gasteiger partial charge is 0.361 e. The zero-order valence-electron chi connectivity index (χ0n) is 9.91. The van der Waals surface area contributed by atoms with Gasteiger partial charge < -0.3 is 10.3 Å². The Morgan fingerprint density at radius 2 is 2.24 bits per heavy atom. The van der Waals surface area contributed by atoms with Crippen molar-refractivity contribution in [3.63, 3.8) is 0 Å². The topological polar surface area (TPSA) is 27.8 Å². The number of nitrogens with one attached hydrogen (secondary N) is 2. The first-order valence-electron chi connectivity index (χ1n) is 6.31. The number of H-pyrrole nitrogens is 1. The lowest BCUT2D eigenvalue weighted by Crippen LogP contribution is -2.10. The quantitative estimate of drug-likeness (QED) is 0.868. The highest BCUT2D eigenvalue weighted by atomic mass is 32.2. The Hall–Kier alpha value is -0.930. The number of aryl methyl sites for hydroxylation is 1. The molecule has 3 heteroatoms. The number of thioether (sulfide) groups is 1. The molecule has 2 N–H and O–H groups in total. The summed E-state index contributed by atoms with van der Waals surface area (Å²) in [5, 5.41) is 5.64. The molecule has 1 aliphatic rings. The lowest BCUT2D eigenvalue weighted by molar-refractivity contribution is 0.858. The fraction of sp³-hybridized carbons (Fsp3) is 0.429. The van der Waals surface area contributed by atoms with Gasteiger partial charge in [0.05, 0.1) is 0 Å². The Balaban J connectivity index is 1.60. The van der Waals surface area contributed by atoms with Crippen LogP contribution in [0.4, 0.5) is 0 Å². The van der Waals surface area contributed by atoms with Crippen molar-refractivity contribution in [1.29, 1.82) is 0 Å². The molecule has 2 nitrogen and oxygen atoms in total. The van der Waals surface area contributed by atoms with E-state index in [0.29, 0.717) is 0 Å². The Kier molecular flexibility index (Phi) is 3.39. The third kappa shape index (κ3) is 2.50. The highest BCUT2D eigenvalue weighted by molar-refractivity contribution is 7.99. The molecule has 1 aromatic carbocycles. The molecule has 1 fully saturated rings. The summed E-state index contributed by atoms with van der Waals surface area (Å²) in [5.74, 6) is 1.23. The van der Waals surface area contributed by atoms with Crippen LogP contribution in [0, 0.1) is 0 Å². The van der Waals surface area contributed by atoms with Crippen molar-refractivity contribution in [1.82, 2.24) is 10.3 Å². The third-order valence-corrected chi connectivity index (χ3v) is 4.73. The van der Waals surface area contributed by atoms with Crippen molar-refractivity contribution in [3.8, 4) is 0 Å². The van der Waals surface area contributed by atoms with Crippen LogP contribution in [0.2, 0.25) is 0 Å². The van der Waals surface area contributed by atoms with E-state index in [-0.39, 0.29) is 0 Å². The number of hydrogen-bond acceptors (Lipinski definition) is 2. The first-order valence-corrected chi connectivity index (χ1v) is 7.35. The van der Waals surface area contributed by atoms with Crippen LogP contribution in [0.25, 0.3) is 10.9 Å². The summed E-state index contributed by atoms with van der Waals surface area (Å²) in [4.78, 5) is 3.34. The highest BCUT2D eigenvalue weighted by Gasteiger charge is 2.14. The van der Waals surface area contributed by atoms with Gasteiger partial charge in [-0.05, 0) is 36.8 Å². The van der Waals surface area contributed by atoms with E-state index in [1.54, 1.807) is 0 Å². The van der Waals surface area contributed by atoms with Crippen LogP contribution < -0.4 is 5.32 Å². The predicted octanol–water partition coefficient (Wildman–Crippen LogP) is 2.81. The molecule has 3 rings (SSSR count). The van der Waals surface area contributed by atoms with Crippen molar-refractivity contribution in [2.45, 2.75) is 18.1 Å². The van der Waals surface area contributed by atoms with E-state index >= 15 is 0 Å². The van der Waals surface area contributed by atoms with Crippen LogP contribution in [0.15, 0.2) is 30.5 Å². The summed E-state index contributed by atoms with van der Waals surface area (Å²) >= 11 is 2.11. The molecule has 0 spiro atoms. The minimum atomic E-state index is 0.834. The van der Waals surface area contributed by atoms with Crippen molar-refractivity contribution >= 4 is 22.7 Å². The van der Waals surface area contributed by atoms with E-state index in [1.807, 2.05) is 0 Å². The Morgan fingerprint density at radius 3 is 3.12 bits per heavy atom. The van der Waals surface area contributed by atoms with Crippen LogP contribution in [0.5, 0.6) is 0 Å². The van der Waals surface area contributed by atoms with E-state index in [4.69, 9.17) is 0 Å². The maximum Gasteiger partial charge on any atom is 0.0456 e. The molecular weight excluding hydrogens is 228 g/mol. The monoisotopic (exact) mass is 246 g/mol. The van der Waals surface area contributed by atoms with E-state index in [9.17, 15) is 0 Å². The zero-order valence-corrected chi connectivity index (χ0v) is 10.7. The van der Waals surface area contributed by atoms with Crippen molar-refractivity contribution in [2.75, 3.05) is 18.8 Å². The van der Waals surface area contributed by atoms with Crippen LogP contribution in [-0.2, 0) is 6.42 Å². The lowest BCUT2D eigenvalue weighted by atomic mass is 10.1. The third-order valence-electron chi connectivity index (χ3n) is 3.41. The lowest BCUT2D eigenvalue weighted by Gasteiger charge is -2.07. The number of hydrogen-bond donors (Lipinski definition) is 2. The fourth-order valence-electron chi connectivity index (χ4n) is 2.44. The van der Waals surface area contributed by atoms with E-state index in [1.165, 1.54) is 48.2 Å². The van der Waals surface area contributed by atoms with Gasteiger partial charge in [-0.1, -0.05) is 18.2 Å². The summed E-state index contributed by atoms with van der Waals surface area (Å²) in [5.41, 5.74) is 2.72. The van der Waals surface area contributed by atoms with Gasteiger partial charge in [0.1, 0.15) is 0 Å². The van der Waals surface area contributed by atoms with Crippen molar-refractivity contribution in [2.24, 2.45) is 0 Å². The van der Waals surface area contributed by atoms with Crippen molar-refractivity contribution in [3.05, 3.63) is 36.0 Å². The minimum absolute atomic E-state index is 0.834. The minimum Gasteiger partial charge on any atom is -0.361 e. The SMILES string of the molecule is c1ccc2c(CCSC3CCNC3)c[nH]c2c1. The van der Waals surface area contributed by atoms with Crippen LogP contribution in [-0.4, -0.2) is 29.1 Å². The zero-order chi connectivity index (χ0) is 11.5. The number of fused-ring (bicyclic) bond motifs is 1. The smallest absolute Gasteiger partial charge is 0.0456 e. The van der Waals surface area contributed by atoms with Gasteiger partial charge in [-0.15, -0.1) is 0 Å². The molecule has 2 aromatic rings. The average molecular weight is 246 g/mol. The average Bonchev–Trinajstić information content (AvgIpc) is 2.99. The second kappa shape index (κ2) is 5.15. The van der Waals surface area contributed by atoms with Gasteiger partial charge in [-0.3, -0.25) is 0 Å². The molecule has 90 valence electrons. The normalized spacial score (nSPS) is 20.1. The Labute approximate surface area is 106 Å². The van der Waals surface area contributed by atoms with E-state index in [2.05, 4.69) is 52.5 Å². The molecule has 0 aliphatic carbocycles. The van der Waals surface area contributed by atoms with Crippen LogP contribution >= 0.6 is 11.8 Å². The van der Waals surface area contributed by atoms with Gasteiger partial charge in [0.25, 0.3) is 0 Å². The highest BCUT2D eigenvalue weighted by Crippen LogP contribution is 2.22. The van der Waals surface area contributed by atoms with Crippen LogP contribution in [0.3, 0.4) is 0 Å². The van der Waals surface area contributed by atoms with Gasteiger partial charge in [0, 0.05) is 28.9 Å². The van der Waals surface area contributed by atoms with Gasteiger partial charge in [-0.2, -0.15) is 11.8 Å². The van der Waals surface area contributed by atoms with Gasteiger partial charge in [0.2, 0.25) is 0 Å².